The van der Waals surface area contributed by atoms with Crippen molar-refractivity contribution in [3.63, 3.8) is 0 Å². The highest BCUT2D eigenvalue weighted by Gasteiger charge is 2.42. The lowest BCUT2D eigenvalue weighted by atomic mass is 9.65. The summed E-state index contributed by atoms with van der Waals surface area (Å²) in [7, 11) is 0. The van der Waals surface area contributed by atoms with Crippen LogP contribution in [0.4, 0.5) is 0 Å². The Hall–Kier alpha value is -1.82. The summed E-state index contributed by atoms with van der Waals surface area (Å²) in [5, 5.41) is 18.9. The van der Waals surface area contributed by atoms with E-state index >= 15 is 0 Å². The van der Waals surface area contributed by atoms with Crippen molar-refractivity contribution in [2.45, 2.75) is 25.7 Å². The molecule has 0 radical (unpaired) electrons. The number of fused-ring (bicyclic) bond motifs is 1. The van der Waals surface area contributed by atoms with Crippen LogP contribution in [0.2, 0.25) is 0 Å². The summed E-state index contributed by atoms with van der Waals surface area (Å²) in [5.41, 5.74) is 1.25. The Morgan fingerprint density at radius 3 is 2.80 bits per heavy atom. The van der Waals surface area contributed by atoms with Crippen LogP contribution in [-0.2, 0) is 11.8 Å². The third-order valence-electron chi connectivity index (χ3n) is 2.99. The van der Waals surface area contributed by atoms with Crippen LogP contribution in [0.15, 0.2) is 12.1 Å². The molecule has 0 saturated carbocycles. The van der Waals surface area contributed by atoms with Gasteiger partial charge < -0.3 is 5.11 Å². The zero-order chi connectivity index (χ0) is 11.2. The van der Waals surface area contributed by atoms with Crippen molar-refractivity contribution in [2.75, 3.05) is 0 Å². The molecule has 2 rings (SSSR count). The Morgan fingerprint density at radius 2 is 2.27 bits per heavy atom. The van der Waals surface area contributed by atoms with Crippen LogP contribution in [0.3, 0.4) is 0 Å². The van der Waals surface area contributed by atoms with Gasteiger partial charge in [-0.3, -0.25) is 4.79 Å². The van der Waals surface area contributed by atoms with E-state index in [0.717, 1.165) is 5.56 Å². The van der Waals surface area contributed by atoms with Gasteiger partial charge in [-0.25, -0.2) is 0 Å². The minimum atomic E-state index is -0.634. The zero-order valence-corrected chi connectivity index (χ0v) is 8.66. The fourth-order valence-electron chi connectivity index (χ4n) is 2.14. The van der Waals surface area contributed by atoms with Crippen LogP contribution in [0, 0.1) is 11.3 Å². The summed E-state index contributed by atoms with van der Waals surface area (Å²) in [6.45, 7) is 3.18. The van der Waals surface area contributed by atoms with Crippen molar-refractivity contribution in [1.29, 1.82) is 5.26 Å². The lowest BCUT2D eigenvalue weighted by Gasteiger charge is -2.36. The van der Waals surface area contributed by atoms with Crippen molar-refractivity contribution >= 4 is 5.78 Å². The monoisotopic (exact) mass is 201 g/mol. The second-order valence-electron chi connectivity index (χ2n) is 4.17. The first-order valence-corrected chi connectivity index (χ1v) is 4.77. The second-order valence-corrected chi connectivity index (χ2v) is 4.17. The van der Waals surface area contributed by atoms with Gasteiger partial charge in [0.1, 0.15) is 5.75 Å². The molecular formula is C12H11NO2. The molecule has 1 aliphatic rings. The van der Waals surface area contributed by atoms with E-state index in [-0.39, 0.29) is 11.5 Å². The Balaban J connectivity index is 2.65. The maximum Gasteiger partial charge on any atom is 0.163 e. The van der Waals surface area contributed by atoms with Crippen LogP contribution in [0.1, 0.15) is 35.3 Å². The van der Waals surface area contributed by atoms with Gasteiger partial charge in [-0.2, -0.15) is 5.26 Å². The van der Waals surface area contributed by atoms with E-state index in [9.17, 15) is 9.90 Å². The Bertz CT molecular complexity index is 499. The number of carbonyl (C=O) groups excluding carboxylic acids is 1. The number of aromatic hydroxyl groups is 1. The number of hydrogen-bond donors (Lipinski definition) is 1. The zero-order valence-electron chi connectivity index (χ0n) is 8.66. The first-order chi connectivity index (χ1) is 6.99. The standard InChI is InChI=1S/C12H11NO2/c1-7(14)9-4-3-8-5-12(2,6-13)10(8)11(9)15/h3-4,15H,5H2,1-2H3. The highest BCUT2D eigenvalue weighted by molar-refractivity contribution is 5.97. The molecule has 0 amide bonds. The number of benzene rings is 1. The lowest BCUT2D eigenvalue weighted by Crippen LogP contribution is -2.34. The summed E-state index contributed by atoms with van der Waals surface area (Å²) < 4.78 is 0. The molecule has 3 nitrogen and oxygen atoms in total. The van der Waals surface area contributed by atoms with Gasteiger partial charge in [0, 0.05) is 5.56 Å². The molecule has 0 saturated heterocycles. The molecule has 0 bridgehead atoms. The molecular weight excluding hydrogens is 190 g/mol. The number of nitrogens with zero attached hydrogens (tertiary/aromatic N) is 1. The largest absolute Gasteiger partial charge is 0.507 e. The van der Waals surface area contributed by atoms with Crippen LogP contribution >= 0.6 is 0 Å². The third kappa shape index (κ3) is 1.15. The Kier molecular flexibility index (Phi) is 1.84. The topological polar surface area (TPSA) is 61.1 Å². The fraction of sp³-hybridized carbons (Fsp3) is 0.333. The van der Waals surface area contributed by atoms with Crippen molar-refractivity contribution in [1.82, 2.24) is 0 Å². The minimum absolute atomic E-state index is 0.0182. The number of rotatable bonds is 1. The van der Waals surface area contributed by atoms with Gasteiger partial charge in [0.15, 0.2) is 5.78 Å². The summed E-state index contributed by atoms with van der Waals surface area (Å²) in [5.74, 6) is -0.196. The van der Waals surface area contributed by atoms with Crippen molar-refractivity contribution in [2.24, 2.45) is 0 Å². The number of Topliss-reactive ketones (excluding diaryl/α,β-unsaturated/α-hetero) is 1. The van der Waals surface area contributed by atoms with Crippen molar-refractivity contribution in [3.05, 3.63) is 28.8 Å². The molecule has 0 aromatic heterocycles. The summed E-state index contributed by atoms with van der Waals surface area (Å²) in [6.07, 6.45) is 0.643. The molecule has 1 N–H and O–H groups in total. The third-order valence-corrected chi connectivity index (χ3v) is 2.99. The molecule has 3 heteroatoms. The maximum absolute atomic E-state index is 11.2. The molecule has 1 aromatic carbocycles. The molecule has 0 spiro atoms. The van der Waals surface area contributed by atoms with E-state index in [2.05, 4.69) is 6.07 Å². The van der Waals surface area contributed by atoms with E-state index in [1.165, 1.54) is 6.92 Å². The van der Waals surface area contributed by atoms with Gasteiger partial charge in [-0.1, -0.05) is 6.07 Å². The number of phenolic OH excluding ortho intramolecular Hbond substituents is 1. The molecule has 1 aromatic rings. The van der Waals surface area contributed by atoms with Crippen molar-refractivity contribution < 1.29 is 9.90 Å². The quantitative estimate of drug-likeness (QED) is 0.706. The SMILES string of the molecule is CC(=O)c1ccc2c(c1O)C(C)(C#N)C2. The normalized spacial score (nSPS) is 22.5. The first-order valence-electron chi connectivity index (χ1n) is 4.77. The van der Waals surface area contributed by atoms with E-state index in [4.69, 9.17) is 5.26 Å². The first kappa shape index (κ1) is 9.72. The lowest BCUT2D eigenvalue weighted by molar-refractivity contribution is 0.101. The summed E-state index contributed by atoms with van der Waals surface area (Å²) >= 11 is 0. The average molecular weight is 201 g/mol. The van der Waals surface area contributed by atoms with Gasteiger partial charge >= 0.3 is 0 Å². The van der Waals surface area contributed by atoms with Crippen LogP contribution in [-0.4, -0.2) is 10.9 Å². The summed E-state index contributed by atoms with van der Waals surface area (Å²) in [4.78, 5) is 11.2. The second kappa shape index (κ2) is 2.83. The van der Waals surface area contributed by atoms with E-state index < -0.39 is 5.41 Å². The highest BCUT2D eigenvalue weighted by Crippen LogP contribution is 2.46. The molecule has 76 valence electrons. The van der Waals surface area contributed by atoms with Crippen LogP contribution < -0.4 is 0 Å². The molecule has 1 aliphatic carbocycles. The van der Waals surface area contributed by atoms with Gasteiger partial charge in [0.05, 0.1) is 17.0 Å². The minimum Gasteiger partial charge on any atom is -0.507 e. The van der Waals surface area contributed by atoms with Crippen LogP contribution in [0.25, 0.3) is 0 Å². The van der Waals surface area contributed by atoms with Gasteiger partial charge in [0.2, 0.25) is 0 Å². The van der Waals surface area contributed by atoms with E-state index in [1.807, 2.05) is 6.07 Å². The molecule has 1 atom stereocenters. The van der Waals surface area contributed by atoms with E-state index in [0.29, 0.717) is 17.5 Å². The predicted molar refractivity (Wildman–Crippen MR) is 54.8 cm³/mol. The van der Waals surface area contributed by atoms with E-state index in [1.54, 1.807) is 13.0 Å². The average Bonchev–Trinajstić information content (AvgIpc) is 2.14. The molecule has 15 heavy (non-hydrogen) atoms. The molecule has 0 aliphatic heterocycles. The smallest absolute Gasteiger partial charge is 0.163 e. The molecule has 0 fully saturated rings. The van der Waals surface area contributed by atoms with Crippen molar-refractivity contribution in [3.8, 4) is 11.8 Å². The Labute approximate surface area is 88.0 Å². The van der Waals surface area contributed by atoms with Gasteiger partial charge in [0.25, 0.3) is 0 Å². The Morgan fingerprint density at radius 1 is 1.60 bits per heavy atom. The maximum atomic E-state index is 11.2. The number of carbonyl (C=O) groups is 1. The number of hydrogen-bond acceptors (Lipinski definition) is 3. The highest BCUT2D eigenvalue weighted by atomic mass is 16.3. The molecule has 0 heterocycles. The molecule has 1 unspecified atom stereocenters. The van der Waals surface area contributed by atoms with Crippen LogP contribution in [0.5, 0.6) is 5.75 Å². The fourth-order valence-corrected chi connectivity index (χ4v) is 2.14. The predicted octanol–water partition coefficient (Wildman–Crippen LogP) is 1.93. The number of ketones is 1. The van der Waals surface area contributed by atoms with Gasteiger partial charge in [-0.15, -0.1) is 0 Å². The summed E-state index contributed by atoms with van der Waals surface area (Å²) in [6, 6.07) is 5.60. The van der Waals surface area contributed by atoms with Gasteiger partial charge in [-0.05, 0) is 31.9 Å². The number of nitriles is 1. The number of phenols is 1.